The van der Waals surface area contributed by atoms with Crippen molar-refractivity contribution < 1.29 is 9.53 Å². The number of halogens is 1. The molecule has 1 fully saturated rings. The van der Waals surface area contributed by atoms with Crippen molar-refractivity contribution in [2.75, 3.05) is 26.2 Å². The second-order valence-corrected chi connectivity index (χ2v) is 6.64. The molecule has 0 spiro atoms. The van der Waals surface area contributed by atoms with Crippen LogP contribution < -0.4 is 16.0 Å². The van der Waals surface area contributed by atoms with Gasteiger partial charge in [0, 0.05) is 25.6 Å². The summed E-state index contributed by atoms with van der Waals surface area (Å²) in [7, 11) is 0. The maximum atomic E-state index is 11.6. The first-order valence-corrected chi connectivity index (χ1v) is 9.55. The lowest BCUT2D eigenvalue weighted by atomic mass is 10.1. The summed E-state index contributed by atoms with van der Waals surface area (Å²) in [6, 6.07) is 0.181. The van der Waals surface area contributed by atoms with E-state index in [0.29, 0.717) is 32.2 Å². The monoisotopic (exact) mass is 468 g/mol. The summed E-state index contributed by atoms with van der Waals surface area (Å²) in [5.41, 5.74) is 0. The van der Waals surface area contributed by atoms with E-state index in [9.17, 15) is 4.79 Å². The summed E-state index contributed by atoms with van der Waals surface area (Å²) in [6.07, 6.45) is 8.50. The van der Waals surface area contributed by atoms with Gasteiger partial charge in [-0.25, -0.2) is 0 Å². The van der Waals surface area contributed by atoms with E-state index in [-0.39, 0.29) is 35.9 Å². The number of ether oxygens (including phenoxy) is 1. The molecule has 1 saturated carbocycles. The second-order valence-electron chi connectivity index (χ2n) is 6.64. The van der Waals surface area contributed by atoms with E-state index in [1.807, 2.05) is 20.8 Å². The lowest BCUT2D eigenvalue weighted by Gasteiger charge is -2.15. The highest BCUT2D eigenvalue weighted by Gasteiger charge is 2.12. The first-order chi connectivity index (χ1) is 11.6. The van der Waals surface area contributed by atoms with E-state index in [1.54, 1.807) is 0 Å². The average molecular weight is 468 g/mol. The summed E-state index contributed by atoms with van der Waals surface area (Å²) in [6.45, 7) is 8.64. The maximum Gasteiger partial charge on any atom is 0.221 e. The molecule has 1 aliphatic rings. The quantitative estimate of drug-likeness (QED) is 0.160. The first kappa shape index (κ1) is 24.4. The standard InChI is InChI=1S/C18H36N4O2.HI/c1-4-19-18(20-12-11-17(23)22-15(2)3)21-13-14-24-16-9-7-5-6-8-10-16;/h15-16H,4-14H2,1-3H3,(H,22,23)(H2,19,20,21);1H. The molecule has 0 saturated heterocycles. The number of rotatable bonds is 9. The fraction of sp³-hybridized carbons (Fsp3) is 0.889. The van der Waals surface area contributed by atoms with Gasteiger partial charge in [-0.3, -0.25) is 9.79 Å². The fourth-order valence-corrected chi connectivity index (χ4v) is 2.82. The zero-order chi connectivity index (χ0) is 17.6. The molecule has 0 radical (unpaired) electrons. The highest BCUT2D eigenvalue weighted by Crippen LogP contribution is 2.19. The van der Waals surface area contributed by atoms with Crippen LogP contribution in [0.4, 0.5) is 0 Å². The van der Waals surface area contributed by atoms with Gasteiger partial charge in [0.05, 0.1) is 19.3 Å². The van der Waals surface area contributed by atoms with Gasteiger partial charge in [0.2, 0.25) is 5.91 Å². The van der Waals surface area contributed by atoms with Crippen molar-refractivity contribution in [2.24, 2.45) is 4.99 Å². The van der Waals surface area contributed by atoms with Crippen LogP contribution in [0.3, 0.4) is 0 Å². The van der Waals surface area contributed by atoms with Crippen LogP contribution in [0.25, 0.3) is 0 Å². The lowest BCUT2D eigenvalue weighted by Crippen LogP contribution is -2.40. The number of aliphatic imine (C=N–C) groups is 1. The average Bonchev–Trinajstić information content (AvgIpc) is 2.79. The number of carbonyl (C=O) groups excluding carboxylic acids is 1. The van der Waals surface area contributed by atoms with Gasteiger partial charge in [0.25, 0.3) is 0 Å². The number of carbonyl (C=O) groups is 1. The Kier molecular flexibility index (Phi) is 15.3. The molecule has 0 unspecified atom stereocenters. The van der Waals surface area contributed by atoms with E-state index in [2.05, 4.69) is 20.9 Å². The molecule has 7 heteroatoms. The lowest BCUT2D eigenvalue weighted by molar-refractivity contribution is -0.121. The Morgan fingerprint density at radius 3 is 2.44 bits per heavy atom. The molecule has 25 heavy (non-hydrogen) atoms. The van der Waals surface area contributed by atoms with Crippen LogP contribution in [-0.2, 0) is 9.53 Å². The molecule has 0 bridgehead atoms. The molecule has 6 nitrogen and oxygen atoms in total. The molecule has 1 aliphatic carbocycles. The topological polar surface area (TPSA) is 74.8 Å². The Labute approximate surface area is 170 Å². The van der Waals surface area contributed by atoms with E-state index in [4.69, 9.17) is 4.74 Å². The molecule has 3 N–H and O–H groups in total. The van der Waals surface area contributed by atoms with Gasteiger partial charge in [-0.1, -0.05) is 25.7 Å². The van der Waals surface area contributed by atoms with Gasteiger partial charge in [-0.15, -0.1) is 24.0 Å². The van der Waals surface area contributed by atoms with Crippen molar-refractivity contribution in [3.8, 4) is 0 Å². The third kappa shape index (κ3) is 13.3. The van der Waals surface area contributed by atoms with Crippen molar-refractivity contribution in [2.45, 2.75) is 77.9 Å². The highest BCUT2D eigenvalue weighted by molar-refractivity contribution is 14.0. The van der Waals surface area contributed by atoms with Gasteiger partial charge in [-0.2, -0.15) is 0 Å². The maximum absolute atomic E-state index is 11.6. The van der Waals surface area contributed by atoms with Crippen LogP contribution in [0.2, 0.25) is 0 Å². The van der Waals surface area contributed by atoms with Crippen LogP contribution in [0.5, 0.6) is 0 Å². The molecule has 1 amide bonds. The molecule has 0 aliphatic heterocycles. The molecular formula is C18H37IN4O2. The van der Waals surface area contributed by atoms with E-state index < -0.39 is 0 Å². The summed E-state index contributed by atoms with van der Waals surface area (Å²) in [4.78, 5) is 16.1. The Bertz CT molecular complexity index is 370. The molecule has 0 aromatic carbocycles. The van der Waals surface area contributed by atoms with Crippen molar-refractivity contribution in [1.29, 1.82) is 0 Å². The summed E-state index contributed by atoms with van der Waals surface area (Å²) in [5, 5.41) is 9.28. The summed E-state index contributed by atoms with van der Waals surface area (Å²) in [5.74, 6) is 0.810. The normalized spacial score (nSPS) is 16.1. The van der Waals surface area contributed by atoms with Gasteiger partial charge in [0.15, 0.2) is 5.96 Å². The smallest absolute Gasteiger partial charge is 0.221 e. The van der Waals surface area contributed by atoms with Crippen LogP contribution >= 0.6 is 24.0 Å². The first-order valence-electron chi connectivity index (χ1n) is 9.55. The molecule has 0 atom stereocenters. The van der Waals surface area contributed by atoms with E-state index in [0.717, 1.165) is 12.5 Å². The number of hydrogen-bond donors (Lipinski definition) is 3. The minimum absolute atomic E-state index is 0. The van der Waals surface area contributed by atoms with Crippen molar-refractivity contribution in [3.05, 3.63) is 0 Å². The van der Waals surface area contributed by atoms with E-state index >= 15 is 0 Å². The zero-order valence-corrected chi connectivity index (χ0v) is 18.4. The summed E-state index contributed by atoms with van der Waals surface area (Å²) < 4.78 is 5.95. The largest absolute Gasteiger partial charge is 0.376 e. The fourth-order valence-electron chi connectivity index (χ4n) is 2.82. The second kappa shape index (κ2) is 15.7. The number of nitrogens with zero attached hydrogens (tertiary/aromatic N) is 1. The van der Waals surface area contributed by atoms with Gasteiger partial charge >= 0.3 is 0 Å². The van der Waals surface area contributed by atoms with Gasteiger partial charge in [0.1, 0.15) is 0 Å². The number of nitrogens with one attached hydrogen (secondary N) is 3. The molecule has 0 heterocycles. The Morgan fingerprint density at radius 2 is 1.84 bits per heavy atom. The molecule has 1 rings (SSSR count). The number of hydrogen-bond acceptors (Lipinski definition) is 3. The van der Waals surface area contributed by atoms with Crippen molar-refractivity contribution >= 4 is 35.8 Å². The summed E-state index contributed by atoms with van der Waals surface area (Å²) >= 11 is 0. The molecule has 0 aromatic rings. The predicted molar refractivity (Wildman–Crippen MR) is 115 cm³/mol. The Morgan fingerprint density at radius 1 is 1.16 bits per heavy atom. The molecular weight excluding hydrogens is 431 g/mol. The number of guanidine groups is 1. The van der Waals surface area contributed by atoms with Crippen molar-refractivity contribution in [1.82, 2.24) is 16.0 Å². The highest BCUT2D eigenvalue weighted by atomic mass is 127. The minimum atomic E-state index is 0. The van der Waals surface area contributed by atoms with Gasteiger partial charge in [-0.05, 0) is 33.6 Å². The van der Waals surface area contributed by atoms with Crippen molar-refractivity contribution in [3.63, 3.8) is 0 Å². The van der Waals surface area contributed by atoms with E-state index in [1.165, 1.54) is 38.5 Å². The molecule has 0 aromatic heterocycles. The third-order valence-corrected chi connectivity index (χ3v) is 3.96. The Balaban J connectivity index is 0.00000576. The van der Waals surface area contributed by atoms with Crippen LogP contribution in [0, 0.1) is 0 Å². The van der Waals surface area contributed by atoms with Crippen LogP contribution in [0.15, 0.2) is 4.99 Å². The van der Waals surface area contributed by atoms with Gasteiger partial charge < -0.3 is 20.7 Å². The SMILES string of the molecule is CCNC(=NCCOC1CCCCCC1)NCCC(=O)NC(C)C.I. The van der Waals surface area contributed by atoms with Crippen LogP contribution in [-0.4, -0.2) is 50.3 Å². The Hall–Kier alpha value is -0.570. The van der Waals surface area contributed by atoms with Crippen LogP contribution in [0.1, 0.15) is 65.7 Å². The predicted octanol–water partition coefficient (Wildman–Crippen LogP) is 2.81. The molecule has 148 valence electrons. The number of amides is 1. The minimum Gasteiger partial charge on any atom is -0.376 e. The zero-order valence-electron chi connectivity index (χ0n) is 16.1. The third-order valence-electron chi connectivity index (χ3n) is 3.96.